The molecule has 0 unspecified atom stereocenters. The fraction of sp³-hybridized carbons (Fsp3) is 0.350. The largest absolute Gasteiger partial charge is 0.507 e. The second-order valence-corrected chi connectivity index (χ2v) is 6.83. The Morgan fingerprint density at radius 3 is 2.38 bits per heavy atom. The van der Waals surface area contributed by atoms with Crippen LogP contribution >= 0.6 is 0 Å². The Morgan fingerprint density at radius 2 is 1.83 bits per heavy atom. The normalized spacial score (nSPS) is 11.4. The number of phenolic OH excluding ortho intramolecular Hbond substituents is 1. The smallest absolute Gasteiger partial charge is 0.337 e. The Balaban J connectivity index is 2.61. The molecule has 2 aromatic rings. The van der Waals surface area contributed by atoms with Crippen LogP contribution in [0.3, 0.4) is 0 Å². The first-order valence-electron chi connectivity index (χ1n) is 7.86. The third-order valence-corrected chi connectivity index (χ3v) is 3.87. The lowest BCUT2D eigenvalue weighted by Crippen LogP contribution is -2.22. The van der Waals surface area contributed by atoms with Gasteiger partial charge in [0.05, 0.1) is 18.3 Å². The Morgan fingerprint density at radius 1 is 1.17 bits per heavy atom. The Bertz CT molecular complexity index is 770. The first-order valence-corrected chi connectivity index (χ1v) is 7.86. The Hall–Kier alpha value is -2.33. The highest BCUT2D eigenvalue weighted by Crippen LogP contribution is 2.37. The van der Waals surface area contributed by atoms with Gasteiger partial charge in [0.25, 0.3) is 0 Å². The summed E-state index contributed by atoms with van der Waals surface area (Å²) in [7, 11) is 1.30. The number of esters is 1. The molecule has 0 amide bonds. The molecule has 2 rings (SSSR count). The van der Waals surface area contributed by atoms with Crippen molar-refractivity contribution in [2.24, 2.45) is 0 Å². The molecule has 0 aromatic heterocycles. The number of benzene rings is 2. The third-order valence-electron chi connectivity index (χ3n) is 3.87. The van der Waals surface area contributed by atoms with Gasteiger partial charge in [-0.05, 0) is 62.6 Å². The summed E-state index contributed by atoms with van der Waals surface area (Å²) >= 11 is 0. The summed E-state index contributed by atoms with van der Waals surface area (Å²) in [6, 6.07) is 8.82. The van der Waals surface area contributed by atoms with Crippen LogP contribution in [0.5, 0.6) is 5.75 Å². The molecule has 0 saturated heterocycles. The number of aromatic hydroxyl groups is 1. The van der Waals surface area contributed by atoms with Gasteiger partial charge in [-0.3, -0.25) is 0 Å². The predicted molar refractivity (Wildman–Crippen MR) is 94.4 cm³/mol. The van der Waals surface area contributed by atoms with Crippen LogP contribution < -0.4 is 0 Å². The fourth-order valence-corrected chi connectivity index (χ4v) is 3.03. The number of ether oxygens (including phenoxy) is 1. The van der Waals surface area contributed by atoms with Gasteiger partial charge in [-0.1, -0.05) is 17.7 Å². The minimum atomic E-state index is -0.865. The monoisotopic (exact) mass is 328 g/mol. The van der Waals surface area contributed by atoms with Crippen molar-refractivity contribution >= 4 is 5.97 Å². The van der Waals surface area contributed by atoms with E-state index in [9.17, 15) is 15.0 Å². The Kier molecular flexibility index (Phi) is 4.99. The molecule has 2 N–H and O–H groups in total. The highest BCUT2D eigenvalue weighted by Gasteiger charge is 2.20. The lowest BCUT2D eigenvalue weighted by molar-refractivity contribution is 0.0600. The molecule has 128 valence electrons. The zero-order valence-electron chi connectivity index (χ0n) is 14.8. The second-order valence-electron chi connectivity index (χ2n) is 6.83. The van der Waals surface area contributed by atoms with Crippen molar-refractivity contribution in [3.63, 3.8) is 0 Å². The zero-order valence-corrected chi connectivity index (χ0v) is 14.8. The number of phenols is 1. The third kappa shape index (κ3) is 3.95. The van der Waals surface area contributed by atoms with Gasteiger partial charge in [0.15, 0.2) is 0 Å². The minimum Gasteiger partial charge on any atom is -0.507 e. The average molecular weight is 328 g/mol. The average Bonchev–Trinajstić information content (AvgIpc) is 2.45. The molecule has 0 spiro atoms. The van der Waals surface area contributed by atoms with Crippen molar-refractivity contribution in [3.05, 3.63) is 52.6 Å². The highest BCUT2D eigenvalue weighted by molar-refractivity contribution is 5.91. The molecule has 0 radical (unpaired) electrons. The summed E-state index contributed by atoms with van der Waals surface area (Å²) in [5.74, 6) is -0.476. The first kappa shape index (κ1) is 18.0. The van der Waals surface area contributed by atoms with E-state index < -0.39 is 11.6 Å². The van der Waals surface area contributed by atoms with Crippen molar-refractivity contribution < 1.29 is 19.7 Å². The molecule has 0 fully saturated rings. The van der Waals surface area contributed by atoms with Crippen LogP contribution in [0.25, 0.3) is 11.1 Å². The number of hydrogen-bond donors (Lipinski definition) is 2. The van der Waals surface area contributed by atoms with E-state index in [1.807, 2.05) is 26.0 Å². The summed E-state index contributed by atoms with van der Waals surface area (Å²) in [5, 5.41) is 20.7. The van der Waals surface area contributed by atoms with Crippen molar-refractivity contribution in [2.45, 2.75) is 39.7 Å². The predicted octanol–water partition coefficient (Wildman–Crippen LogP) is 3.78. The highest BCUT2D eigenvalue weighted by atomic mass is 16.5. The van der Waals surface area contributed by atoms with E-state index in [4.69, 9.17) is 0 Å². The Labute approximate surface area is 142 Å². The number of methoxy groups -OCH3 is 1. The quantitative estimate of drug-likeness (QED) is 0.838. The molecule has 0 atom stereocenters. The van der Waals surface area contributed by atoms with E-state index in [0.717, 1.165) is 22.3 Å². The molecule has 0 aliphatic rings. The maximum Gasteiger partial charge on any atom is 0.337 e. The van der Waals surface area contributed by atoms with Crippen molar-refractivity contribution in [1.82, 2.24) is 0 Å². The number of carbonyl (C=O) groups excluding carboxylic acids is 1. The molecule has 2 aromatic carbocycles. The lowest BCUT2D eigenvalue weighted by Gasteiger charge is -2.22. The van der Waals surface area contributed by atoms with Crippen molar-refractivity contribution in [3.8, 4) is 16.9 Å². The van der Waals surface area contributed by atoms with Gasteiger partial charge >= 0.3 is 5.97 Å². The molecule has 24 heavy (non-hydrogen) atoms. The van der Waals surface area contributed by atoms with E-state index in [1.54, 1.807) is 26.0 Å². The number of rotatable bonds is 4. The molecule has 4 nitrogen and oxygen atoms in total. The van der Waals surface area contributed by atoms with Crippen LogP contribution in [0.1, 0.15) is 40.9 Å². The molecule has 0 aliphatic carbocycles. The van der Waals surface area contributed by atoms with Crippen LogP contribution in [0.2, 0.25) is 0 Å². The number of carbonyl (C=O) groups is 1. The van der Waals surface area contributed by atoms with Gasteiger partial charge in [-0.25, -0.2) is 4.79 Å². The van der Waals surface area contributed by atoms with Crippen LogP contribution in [-0.4, -0.2) is 28.9 Å². The standard InChI is InChI=1S/C20H24O4/c1-12-8-13(2)18(15(9-12)11-20(3,4)23)16-7-6-14(10-17(16)21)19(22)24-5/h6-10,21,23H,11H2,1-5H3. The summed E-state index contributed by atoms with van der Waals surface area (Å²) in [5.41, 5.74) is 4.03. The number of aliphatic hydroxyl groups is 1. The van der Waals surface area contributed by atoms with Gasteiger partial charge in [0, 0.05) is 12.0 Å². The van der Waals surface area contributed by atoms with E-state index in [1.165, 1.54) is 13.2 Å². The second kappa shape index (κ2) is 6.65. The fourth-order valence-electron chi connectivity index (χ4n) is 3.03. The summed E-state index contributed by atoms with van der Waals surface area (Å²) < 4.78 is 4.68. The van der Waals surface area contributed by atoms with E-state index in [-0.39, 0.29) is 5.75 Å². The maximum absolute atomic E-state index is 11.6. The molecule has 4 heteroatoms. The topological polar surface area (TPSA) is 66.8 Å². The SMILES string of the molecule is COC(=O)c1ccc(-c2c(C)cc(C)cc2CC(C)(C)O)c(O)c1. The molecular weight excluding hydrogens is 304 g/mol. The van der Waals surface area contributed by atoms with Gasteiger partial charge in [-0.2, -0.15) is 0 Å². The van der Waals surface area contributed by atoms with Crippen LogP contribution in [0.4, 0.5) is 0 Å². The van der Waals surface area contributed by atoms with E-state index in [2.05, 4.69) is 4.74 Å². The van der Waals surface area contributed by atoms with E-state index in [0.29, 0.717) is 17.5 Å². The molecule has 0 aliphatic heterocycles. The molecule has 0 saturated carbocycles. The minimum absolute atomic E-state index is 0.0156. The maximum atomic E-state index is 11.6. The van der Waals surface area contributed by atoms with E-state index >= 15 is 0 Å². The molecule has 0 bridgehead atoms. The van der Waals surface area contributed by atoms with Crippen LogP contribution in [0, 0.1) is 13.8 Å². The van der Waals surface area contributed by atoms with Gasteiger partial charge in [-0.15, -0.1) is 0 Å². The molecule has 0 heterocycles. The summed E-state index contributed by atoms with van der Waals surface area (Å²) in [6.07, 6.45) is 0.461. The summed E-state index contributed by atoms with van der Waals surface area (Å²) in [4.78, 5) is 11.6. The van der Waals surface area contributed by atoms with Crippen LogP contribution in [0.15, 0.2) is 30.3 Å². The first-order chi connectivity index (χ1) is 11.1. The van der Waals surface area contributed by atoms with Crippen molar-refractivity contribution in [1.29, 1.82) is 0 Å². The summed E-state index contributed by atoms with van der Waals surface area (Å²) in [6.45, 7) is 7.50. The van der Waals surface area contributed by atoms with Crippen LogP contribution in [-0.2, 0) is 11.2 Å². The number of aryl methyl sites for hydroxylation is 2. The van der Waals surface area contributed by atoms with Gasteiger partial charge < -0.3 is 14.9 Å². The van der Waals surface area contributed by atoms with Gasteiger partial charge in [0.2, 0.25) is 0 Å². The van der Waals surface area contributed by atoms with Gasteiger partial charge in [0.1, 0.15) is 5.75 Å². The number of hydrogen-bond acceptors (Lipinski definition) is 4. The molecular formula is C20H24O4. The van der Waals surface area contributed by atoms with Crippen molar-refractivity contribution in [2.75, 3.05) is 7.11 Å². The lowest BCUT2D eigenvalue weighted by atomic mass is 9.87. The zero-order chi connectivity index (χ0) is 18.1.